The van der Waals surface area contributed by atoms with Crippen molar-refractivity contribution in [3.8, 4) is 0 Å². The molecule has 2 aliphatic rings. The van der Waals surface area contributed by atoms with Gasteiger partial charge in [-0.25, -0.2) is 0 Å². The average Bonchev–Trinajstić information content (AvgIpc) is 3.15. The molecule has 3 heterocycles. The average molecular weight is 407 g/mol. The number of hydrogen-bond acceptors (Lipinski definition) is 6. The van der Waals surface area contributed by atoms with Crippen LogP contribution in [0.5, 0.6) is 0 Å². The number of carbonyl (C=O) groups excluding carboxylic acids is 3. The van der Waals surface area contributed by atoms with E-state index in [9.17, 15) is 24.3 Å². The van der Waals surface area contributed by atoms with Crippen LogP contribution >= 0.6 is 23.1 Å². The van der Waals surface area contributed by atoms with Crippen LogP contribution in [0.3, 0.4) is 0 Å². The van der Waals surface area contributed by atoms with Crippen molar-refractivity contribution < 1.29 is 24.3 Å². The number of carboxylic acids is 1. The van der Waals surface area contributed by atoms with Crippen LogP contribution in [-0.4, -0.2) is 56.9 Å². The number of amides is 3. The van der Waals surface area contributed by atoms with E-state index in [0.29, 0.717) is 5.57 Å². The highest BCUT2D eigenvalue weighted by Gasteiger charge is 2.52. The molecule has 0 radical (unpaired) electrons. The fourth-order valence-corrected chi connectivity index (χ4v) is 4.84. The molecule has 142 valence electrons. The molecule has 1 aromatic heterocycles. The summed E-state index contributed by atoms with van der Waals surface area (Å²) in [6.07, 6.45) is 2.71. The van der Waals surface area contributed by atoms with E-state index in [0.717, 1.165) is 22.7 Å². The molecule has 1 fully saturated rings. The summed E-state index contributed by atoms with van der Waals surface area (Å²) in [6, 6.07) is 2.92. The number of thiophene rings is 1. The second kappa shape index (κ2) is 7.97. The largest absolute Gasteiger partial charge is 0.480 e. The second-order valence-electron chi connectivity index (χ2n) is 5.92. The summed E-state index contributed by atoms with van der Waals surface area (Å²) >= 11 is 2.52. The van der Waals surface area contributed by atoms with Gasteiger partial charge in [0.25, 0.3) is 5.91 Å². The Morgan fingerprint density at radius 2 is 2.15 bits per heavy atom. The third kappa shape index (κ3) is 4.06. The number of carboxylic acid groups (broad SMARTS) is 1. The van der Waals surface area contributed by atoms with Gasteiger partial charge < -0.3 is 20.6 Å². The van der Waals surface area contributed by atoms with Crippen LogP contribution in [0.15, 0.2) is 41.9 Å². The minimum atomic E-state index is -1.07. The lowest BCUT2D eigenvalue weighted by molar-refractivity contribution is -0.145. The smallest absolute Gasteiger partial charge is 0.321 e. The normalized spacial score (nSPS) is 23.6. The minimum absolute atomic E-state index is 0.000718. The van der Waals surface area contributed by atoms with Gasteiger partial charge >= 0.3 is 5.97 Å². The van der Waals surface area contributed by atoms with Crippen LogP contribution in [0.1, 0.15) is 4.88 Å². The quantitative estimate of drug-likeness (QED) is 0.443. The van der Waals surface area contributed by atoms with Gasteiger partial charge in [-0.15, -0.1) is 23.1 Å². The highest BCUT2D eigenvalue weighted by Crippen LogP contribution is 2.40. The standard InChI is InChI=1S/C17H17N3O5S2/c1-2-11(21)18-7-9-8-20-15(23)13(16(20)27-14(9)17(24)25)19-12(22)6-10-4-3-5-26-10/h2-5,8,13-14,16H,1,6-7H2,(H,18,21)(H,19,22)(H,24,25)/t13?,14?,16-/m1/s1. The summed E-state index contributed by atoms with van der Waals surface area (Å²) in [5.74, 6) is -2.08. The molecule has 3 atom stereocenters. The molecule has 3 rings (SSSR count). The van der Waals surface area contributed by atoms with Gasteiger partial charge in [-0.1, -0.05) is 12.6 Å². The van der Waals surface area contributed by atoms with Gasteiger partial charge in [0.15, 0.2) is 0 Å². The van der Waals surface area contributed by atoms with Crippen molar-refractivity contribution in [1.29, 1.82) is 0 Å². The summed E-state index contributed by atoms with van der Waals surface area (Å²) in [6.45, 7) is 3.34. The molecule has 27 heavy (non-hydrogen) atoms. The third-order valence-electron chi connectivity index (χ3n) is 4.10. The van der Waals surface area contributed by atoms with E-state index in [4.69, 9.17) is 0 Å². The molecular formula is C17H17N3O5S2. The van der Waals surface area contributed by atoms with E-state index >= 15 is 0 Å². The Morgan fingerprint density at radius 3 is 2.78 bits per heavy atom. The van der Waals surface area contributed by atoms with Gasteiger partial charge in [-0.3, -0.25) is 19.2 Å². The molecule has 3 amide bonds. The first kappa shape index (κ1) is 19.2. The number of nitrogens with zero attached hydrogens (tertiary/aromatic N) is 1. The molecule has 0 aromatic carbocycles. The summed E-state index contributed by atoms with van der Waals surface area (Å²) in [5.41, 5.74) is 0.399. The number of rotatable bonds is 7. The third-order valence-corrected chi connectivity index (χ3v) is 6.54. The van der Waals surface area contributed by atoms with Crippen LogP contribution < -0.4 is 10.6 Å². The minimum Gasteiger partial charge on any atom is -0.480 e. The predicted molar refractivity (Wildman–Crippen MR) is 101 cm³/mol. The van der Waals surface area contributed by atoms with Gasteiger partial charge in [0.1, 0.15) is 16.7 Å². The van der Waals surface area contributed by atoms with Gasteiger partial charge in [0, 0.05) is 17.6 Å². The second-order valence-corrected chi connectivity index (χ2v) is 8.18. The molecule has 0 aliphatic carbocycles. The summed E-state index contributed by atoms with van der Waals surface area (Å²) in [7, 11) is 0. The van der Waals surface area contributed by atoms with Crippen molar-refractivity contribution in [2.75, 3.05) is 6.54 Å². The Balaban J connectivity index is 1.67. The highest BCUT2D eigenvalue weighted by atomic mass is 32.2. The van der Waals surface area contributed by atoms with Crippen LogP contribution in [0.25, 0.3) is 0 Å². The van der Waals surface area contributed by atoms with Gasteiger partial charge in [-0.2, -0.15) is 0 Å². The number of thioether (sulfide) groups is 1. The molecule has 8 nitrogen and oxygen atoms in total. The Kier molecular flexibility index (Phi) is 5.66. The van der Waals surface area contributed by atoms with E-state index in [1.807, 2.05) is 17.5 Å². The lowest BCUT2D eigenvalue weighted by Crippen LogP contribution is -2.69. The van der Waals surface area contributed by atoms with Crippen molar-refractivity contribution in [3.05, 3.63) is 46.8 Å². The molecule has 1 saturated heterocycles. The number of fused-ring (bicyclic) bond motifs is 1. The van der Waals surface area contributed by atoms with Crippen LogP contribution in [-0.2, 0) is 25.6 Å². The maximum absolute atomic E-state index is 12.4. The van der Waals surface area contributed by atoms with E-state index < -0.39 is 28.5 Å². The SMILES string of the molecule is C=CC(=O)NCC1=CN2C(=O)C(NC(=O)Cc3cccs3)[C@H]2SC1C(=O)O. The Bertz CT molecular complexity index is 821. The van der Waals surface area contributed by atoms with Crippen molar-refractivity contribution in [1.82, 2.24) is 15.5 Å². The molecule has 0 saturated carbocycles. The van der Waals surface area contributed by atoms with Gasteiger partial charge in [-0.05, 0) is 23.1 Å². The zero-order valence-electron chi connectivity index (χ0n) is 14.1. The molecule has 1 aromatic rings. The van der Waals surface area contributed by atoms with Crippen molar-refractivity contribution in [2.45, 2.75) is 23.1 Å². The zero-order valence-corrected chi connectivity index (χ0v) is 15.7. The van der Waals surface area contributed by atoms with Gasteiger partial charge in [0.05, 0.1) is 6.42 Å². The fraction of sp³-hybridized carbons (Fsp3) is 0.294. The predicted octanol–water partition coefficient (Wildman–Crippen LogP) is 0.330. The lowest BCUT2D eigenvalue weighted by atomic mass is 10.0. The monoisotopic (exact) mass is 407 g/mol. The van der Waals surface area contributed by atoms with Gasteiger partial charge in [0.2, 0.25) is 11.8 Å². The first-order valence-electron chi connectivity index (χ1n) is 8.03. The molecule has 10 heteroatoms. The summed E-state index contributed by atoms with van der Waals surface area (Å²) in [5, 5.41) is 15.2. The van der Waals surface area contributed by atoms with Crippen molar-refractivity contribution in [3.63, 3.8) is 0 Å². The number of nitrogens with one attached hydrogen (secondary N) is 2. The van der Waals surface area contributed by atoms with E-state index in [1.54, 1.807) is 0 Å². The van der Waals surface area contributed by atoms with Crippen molar-refractivity contribution in [2.24, 2.45) is 0 Å². The van der Waals surface area contributed by atoms with Crippen LogP contribution in [0.4, 0.5) is 0 Å². The molecule has 0 spiro atoms. The number of aliphatic carboxylic acids is 1. The summed E-state index contributed by atoms with van der Waals surface area (Å²) in [4.78, 5) is 49.7. The number of carbonyl (C=O) groups is 4. The molecule has 2 aliphatic heterocycles. The van der Waals surface area contributed by atoms with E-state index in [-0.39, 0.29) is 24.8 Å². The van der Waals surface area contributed by atoms with Crippen LogP contribution in [0, 0.1) is 0 Å². The first-order valence-corrected chi connectivity index (χ1v) is 9.86. The zero-order chi connectivity index (χ0) is 19.6. The maximum Gasteiger partial charge on any atom is 0.321 e. The Morgan fingerprint density at radius 1 is 1.37 bits per heavy atom. The molecule has 3 N–H and O–H groups in total. The number of hydrogen-bond donors (Lipinski definition) is 3. The highest BCUT2D eigenvalue weighted by molar-refractivity contribution is 8.01. The topological polar surface area (TPSA) is 116 Å². The van der Waals surface area contributed by atoms with Crippen molar-refractivity contribution >= 4 is 46.8 Å². The van der Waals surface area contributed by atoms with E-state index in [2.05, 4.69) is 17.2 Å². The first-order chi connectivity index (χ1) is 12.9. The Labute approximate surface area is 163 Å². The lowest BCUT2D eigenvalue weighted by Gasteiger charge is -2.48. The molecular weight excluding hydrogens is 390 g/mol. The number of β-lactam (4-membered cyclic amide) rings is 1. The fourth-order valence-electron chi connectivity index (χ4n) is 2.79. The van der Waals surface area contributed by atoms with Crippen LogP contribution in [0.2, 0.25) is 0 Å². The maximum atomic E-state index is 12.4. The molecule has 2 unspecified atom stereocenters. The Hall–Kier alpha value is -2.59. The summed E-state index contributed by atoms with van der Waals surface area (Å²) < 4.78 is 0. The molecule has 0 bridgehead atoms. The van der Waals surface area contributed by atoms with E-state index in [1.165, 1.54) is 22.4 Å².